The second-order valence-electron chi connectivity index (χ2n) is 4.20. The van der Waals surface area contributed by atoms with E-state index in [0.29, 0.717) is 6.04 Å². The Labute approximate surface area is 98.6 Å². The van der Waals surface area contributed by atoms with E-state index >= 15 is 0 Å². The highest BCUT2D eigenvalue weighted by atomic mass is 79.9. The highest BCUT2D eigenvalue weighted by molar-refractivity contribution is 9.10. The van der Waals surface area contributed by atoms with Crippen molar-refractivity contribution in [1.82, 2.24) is 14.7 Å². The number of piperidine rings is 1. The average molecular weight is 273 g/mol. The molecule has 1 aromatic heterocycles. The van der Waals surface area contributed by atoms with Gasteiger partial charge < -0.3 is 5.73 Å². The molecule has 0 spiro atoms. The molecule has 2 N–H and O–H groups in total. The molecule has 2 rings (SSSR count). The zero-order valence-corrected chi connectivity index (χ0v) is 10.6. The van der Waals surface area contributed by atoms with Gasteiger partial charge in [-0.05, 0) is 35.3 Å². The van der Waals surface area contributed by atoms with Crippen molar-refractivity contribution < 1.29 is 0 Å². The Hall–Kier alpha value is -0.390. The molecule has 0 unspecified atom stereocenters. The maximum absolute atomic E-state index is 5.95. The number of hydrogen-bond acceptors (Lipinski definition) is 3. The minimum atomic E-state index is 0.339. The third-order valence-corrected chi connectivity index (χ3v) is 3.59. The molecule has 0 saturated carbocycles. The number of halogens is 1. The summed E-state index contributed by atoms with van der Waals surface area (Å²) >= 11 is 3.52. The lowest BCUT2D eigenvalue weighted by Gasteiger charge is -2.30. The van der Waals surface area contributed by atoms with Crippen LogP contribution in [0, 0.1) is 0 Å². The van der Waals surface area contributed by atoms with Gasteiger partial charge in [0.15, 0.2) is 0 Å². The summed E-state index contributed by atoms with van der Waals surface area (Å²) < 4.78 is 3.01. The van der Waals surface area contributed by atoms with E-state index in [1.54, 1.807) is 0 Å². The van der Waals surface area contributed by atoms with Crippen molar-refractivity contribution >= 4 is 15.9 Å². The molecular weight excluding hydrogens is 256 g/mol. The molecule has 1 fully saturated rings. The molecule has 0 bridgehead atoms. The number of nitrogens with zero attached hydrogens (tertiary/aromatic N) is 3. The molecule has 1 aliphatic heterocycles. The summed E-state index contributed by atoms with van der Waals surface area (Å²) in [6.07, 6.45) is 4.21. The Balaban J connectivity index is 2.02. The molecule has 0 aromatic carbocycles. The van der Waals surface area contributed by atoms with Crippen LogP contribution in [0.2, 0.25) is 0 Å². The van der Waals surface area contributed by atoms with E-state index in [1.165, 1.54) is 12.1 Å². The third kappa shape index (κ3) is 2.59. The van der Waals surface area contributed by atoms with Gasteiger partial charge in [-0.1, -0.05) is 0 Å². The number of nitrogens with two attached hydrogens (primary N) is 1. The molecule has 1 atom stereocenters. The second kappa shape index (κ2) is 4.63. The fraction of sp³-hybridized carbons (Fsp3) is 0.700. The molecule has 4 nitrogen and oxygen atoms in total. The van der Waals surface area contributed by atoms with Crippen LogP contribution in [-0.2, 0) is 13.6 Å². The Morgan fingerprint density at radius 3 is 3.07 bits per heavy atom. The van der Waals surface area contributed by atoms with E-state index in [1.807, 2.05) is 17.9 Å². The van der Waals surface area contributed by atoms with Crippen LogP contribution in [-0.4, -0.2) is 33.8 Å². The van der Waals surface area contributed by atoms with E-state index in [-0.39, 0.29) is 0 Å². The Bertz CT molecular complexity index is 317. The van der Waals surface area contributed by atoms with Crippen molar-refractivity contribution in [2.24, 2.45) is 12.8 Å². The van der Waals surface area contributed by atoms with Gasteiger partial charge in [-0.25, -0.2) is 0 Å². The van der Waals surface area contributed by atoms with Crippen molar-refractivity contribution in [3.8, 4) is 0 Å². The molecular formula is C10H17BrN4. The summed E-state index contributed by atoms with van der Waals surface area (Å²) in [5.41, 5.74) is 7.18. The maximum atomic E-state index is 5.95. The first-order valence-corrected chi connectivity index (χ1v) is 6.10. The third-order valence-electron chi connectivity index (χ3n) is 2.93. The molecule has 0 radical (unpaired) electrons. The average Bonchev–Trinajstić information content (AvgIpc) is 2.50. The largest absolute Gasteiger partial charge is 0.327 e. The number of likely N-dealkylation sites (tertiary alicyclic amines) is 1. The zero-order chi connectivity index (χ0) is 10.8. The lowest BCUT2D eigenvalue weighted by atomic mass is 10.1. The fourth-order valence-corrected chi connectivity index (χ4v) is 2.53. The molecule has 1 aliphatic rings. The normalized spacial score (nSPS) is 23.3. The molecule has 1 saturated heterocycles. The maximum Gasteiger partial charge on any atom is 0.0663 e. The highest BCUT2D eigenvalue weighted by Crippen LogP contribution is 2.19. The van der Waals surface area contributed by atoms with Gasteiger partial charge in [0.25, 0.3) is 0 Å². The van der Waals surface area contributed by atoms with E-state index < -0.39 is 0 Å². The van der Waals surface area contributed by atoms with Crippen LogP contribution in [0.5, 0.6) is 0 Å². The van der Waals surface area contributed by atoms with Crippen molar-refractivity contribution in [2.75, 3.05) is 13.1 Å². The standard InChI is InChI=1S/C10H17BrN4/c1-14-10(9(11)5-13-14)7-15-4-2-3-8(12)6-15/h5,8H,2-4,6-7,12H2,1H3/t8-/m1/s1. The van der Waals surface area contributed by atoms with E-state index in [4.69, 9.17) is 5.73 Å². The predicted octanol–water partition coefficient (Wildman–Crippen LogP) is 1.11. The molecule has 5 heteroatoms. The first kappa shape index (κ1) is 11.1. The first-order valence-electron chi connectivity index (χ1n) is 5.31. The summed E-state index contributed by atoms with van der Waals surface area (Å²) in [6, 6.07) is 0.339. The van der Waals surface area contributed by atoms with Crippen LogP contribution >= 0.6 is 15.9 Å². The van der Waals surface area contributed by atoms with Crippen LogP contribution in [0.3, 0.4) is 0 Å². The number of aromatic nitrogens is 2. The van der Waals surface area contributed by atoms with Gasteiger partial charge in [0.1, 0.15) is 0 Å². The topological polar surface area (TPSA) is 47.1 Å². The van der Waals surface area contributed by atoms with Crippen molar-refractivity contribution in [2.45, 2.75) is 25.4 Å². The van der Waals surface area contributed by atoms with E-state index in [9.17, 15) is 0 Å². The van der Waals surface area contributed by atoms with Crippen molar-refractivity contribution in [1.29, 1.82) is 0 Å². The lowest BCUT2D eigenvalue weighted by Crippen LogP contribution is -2.42. The van der Waals surface area contributed by atoms with E-state index in [0.717, 1.165) is 30.5 Å². The molecule has 0 aliphatic carbocycles. The highest BCUT2D eigenvalue weighted by Gasteiger charge is 2.18. The fourth-order valence-electron chi connectivity index (χ4n) is 2.06. The summed E-state index contributed by atoms with van der Waals surface area (Å²) in [5.74, 6) is 0. The minimum absolute atomic E-state index is 0.339. The van der Waals surface area contributed by atoms with Crippen molar-refractivity contribution in [3.05, 3.63) is 16.4 Å². The molecule has 15 heavy (non-hydrogen) atoms. The number of hydrogen-bond donors (Lipinski definition) is 1. The predicted molar refractivity (Wildman–Crippen MR) is 63.4 cm³/mol. The zero-order valence-electron chi connectivity index (χ0n) is 8.99. The monoisotopic (exact) mass is 272 g/mol. The quantitative estimate of drug-likeness (QED) is 0.878. The first-order chi connectivity index (χ1) is 7.16. The Morgan fingerprint density at radius 2 is 2.47 bits per heavy atom. The Morgan fingerprint density at radius 1 is 1.67 bits per heavy atom. The van der Waals surface area contributed by atoms with Crippen LogP contribution in [0.15, 0.2) is 10.7 Å². The number of rotatable bonds is 2. The van der Waals surface area contributed by atoms with Gasteiger partial charge in [-0.15, -0.1) is 0 Å². The van der Waals surface area contributed by atoms with E-state index in [2.05, 4.69) is 25.9 Å². The van der Waals surface area contributed by atoms with Gasteiger partial charge in [-0.2, -0.15) is 5.10 Å². The van der Waals surface area contributed by atoms with Crippen molar-refractivity contribution in [3.63, 3.8) is 0 Å². The van der Waals surface area contributed by atoms with Crippen LogP contribution in [0.1, 0.15) is 18.5 Å². The SMILES string of the molecule is Cn1ncc(Br)c1CN1CCC[C@@H](N)C1. The lowest BCUT2D eigenvalue weighted by molar-refractivity contribution is 0.197. The summed E-state index contributed by atoms with van der Waals surface area (Å²) in [6.45, 7) is 3.08. The molecule has 0 amide bonds. The van der Waals surface area contributed by atoms with Gasteiger partial charge in [0, 0.05) is 26.2 Å². The molecule has 1 aromatic rings. The number of aryl methyl sites for hydroxylation is 1. The minimum Gasteiger partial charge on any atom is -0.327 e. The summed E-state index contributed by atoms with van der Waals surface area (Å²) in [4.78, 5) is 2.40. The second-order valence-corrected chi connectivity index (χ2v) is 5.05. The van der Waals surface area contributed by atoms with Gasteiger partial charge in [-0.3, -0.25) is 9.58 Å². The molecule has 2 heterocycles. The van der Waals surface area contributed by atoms with Crippen LogP contribution < -0.4 is 5.73 Å². The van der Waals surface area contributed by atoms with Gasteiger partial charge in [0.2, 0.25) is 0 Å². The van der Waals surface area contributed by atoms with Gasteiger partial charge >= 0.3 is 0 Å². The smallest absolute Gasteiger partial charge is 0.0663 e. The summed E-state index contributed by atoms with van der Waals surface area (Å²) in [7, 11) is 1.98. The van der Waals surface area contributed by atoms with Crippen LogP contribution in [0.25, 0.3) is 0 Å². The summed E-state index contributed by atoms with van der Waals surface area (Å²) in [5, 5.41) is 4.21. The van der Waals surface area contributed by atoms with Gasteiger partial charge in [0.05, 0.1) is 16.4 Å². The molecule has 84 valence electrons. The Kier molecular flexibility index (Phi) is 3.43. The van der Waals surface area contributed by atoms with Crippen LogP contribution in [0.4, 0.5) is 0 Å².